The van der Waals surface area contributed by atoms with E-state index in [0.29, 0.717) is 53.0 Å². The molecule has 1 fully saturated rings. The van der Waals surface area contributed by atoms with E-state index < -0.39 is 0 Å². The zero-order valence-electron chi connectivity index (χ0n) is 12.2. The van der Waals surface area contributed by atoms with Crippen molar-refractivity contribution in [2.45, 2.75) is 6.42 Å². The second-order valence-electron chi connectivity index (χ2n) is 4.34. The van der Waals surface area contributed by atoms with Gasteiger partial charge in [0.2, 0.25) is 0 Å². The first-order chi connectivity index (χ1) is 9.83. The number of carbonyl (C=O) groups is 1. The van der Waals surface area contributed by atoms with Gasteiger partial charge in [-0.3, -0.25) is 9.69 Å². The van der Waals surface area contributed by atoms with Crippen LogP contribution >= 0.6 is 0 Å². The summed E-state index contributed by atoms with van der Waals surface area (Å²) in [7, 11) is 1.63. The minimum atomic E-state index is -0.239. The van der Waals surface area contributed by atoms with Crippen molar-refractivity contribution in [1.82, 2.24) is 4.90 Å². The molecule has 0 N–H and O–H groups in total. The molecule has 1 saturated heterocycles. The minimum Gasteiger partial charge on any atom is -0.449 e. The lowest BCUT2D eigenvalue weighted by molar-refractivity contribution is -0.151. The maximum absolute atomic E-state index is 11.5. The van der Waals surface area contributed by atoms with Crippen LogP contribution in [0.5, 0.6) is 0 Å². The van der Waals surface area contributed by atoms with Crippen molar-refractivity contribution in [3.05, 3.63) is 0 Å². The first-order valence-electron chi connectivity index (χ1n) is 6.93. The van der Waals surface area contributed by atoms with Gasteiger partial charge in [-0.05, 0) is 0 Å². The second kappa shape index (κ2) is 12.0. The van der Waals surface area contributed by atoms with Gasteiger partial charge in [0.1, 0.15) is 6.73 Å². The van der Waals surface area contributed by atoms with E-state index in [4.69, 9.17) is 23.7 Å². The maximum Gasteiger partial charge on any atom is 0.309 e. The van der Waals surface area contributed by atoms with E-state index in [9.17, 15) is 4.79 Å². The molecule has 0 unspecified atom stereocenters. The normalized spacial score (nSPS) is 16.2. The van der Waals surface area contributed by atoms with Gasteiger partial charge in [0.05, 0.1) is 52.7 Å². The molecule has 0 atom stereocenters. The molecule has 7 heteroatoms. The highest BCUT2D eigenvalue weighted by molar-refractivity contribution is 5.69. The molecule has 1 heterocycles. The van der Waals surface area contributed by atoms with Gasteiger partial charge >= 0.3 is 5.97 Å². The Morgan fingerprint density at radius 2 is 1.70 bits per heavy atom. The lowest BCUT2D eigenvalue weighted by Crippen LogP contribution is -2.38. The summed E-state index contributed by atoms with van der Waals surface area (Å²) in [4.78, 5) is 13.5. The molecule has 20 heavy (non-hydrogen) atoms. The molecule has 7 nitrogen and oxygen atoms in total. The minimum absolute atomic E-state index is 0.239. The van der Waals surface area contributed by atoms with Crippen LogP contribution in [0.3, 0.4) is 0 Å². The van der Waals surface area contributed by atoms with Crippen LogP contribution in [0, 0.1) is 0 Å². The molecule has 1 aliphatic heterocycles. The predicted molar refractivity (Wildman–Crippen MR) is 71.5 cm³/mol. The number of nitrogens with zero attached hydrogens (tertiary/aromatic N) is 1. The Labute approximate surface area is 120 Å². The maximum atomic E-state index is 11.5. The molecule has 0 amide bonds. The van der Waals surface area contributed by atoms with Gasteiger partial charge in [-0.25, -0.2) is 0 Å². The first-order valence-corrected chi connectivity index (χ1v) is 6.93. The summed E-state index contributed by atoms with van der Waals surface area (Å²) in [5, 5.41) is 0. The fourth-order valence-electron chi connectivity index (χ4n) is 1.59. The Bertz CT molecular complexity index is 245. The van der Waals surface area contributed by atoms with Gasteiger partial charge in [0.15, 0.2) is 0 Å². The van der Waals surface area contributed by atoms with Crippen molar-refractivity contribution < 1.29 is 28.5 Å². The van der Waals surface area contributed by atoms with Crippen molar-refractivity contribution in [2.24, 2.45) is 0 Å². The number of hydrogen-bond acceptors (Lipinski definition) is 7. The van der Waals surface area contributed by atoms with Crippen LogP contribution in [0.4, 0.5) is 0 Å². The van der Waals surface area contributed by atoms with E-state index in [0.717, 1.165) is 13.1 Å². The van der Waals surface area contributed by atoms with E-state index in [1.54, 1.807) is 7.11 Å². The highest BCUT2D eigenvalue weighted by atomic mass is 16.6. The predicted octanol–water partition coefficient (Wildman–Crippen LogP) is -0.111. The molecule has 1 rings (SSSR count). The van der Waals surface area contributed by atoms with E-state index in [1.165, 1.54) is 0 Å². The van der Waals surface area contributed by atoms with Gasteiger partial charge < -0.3 is 23.7 Å². The van der Waals surface area contributed by atoms with E-state index >= 15 is 0 Å². The molecule has 118 valence electrons. The summed E-state index contributed by atoms with van der Waals surface area (Å²) in [6.07, 6.45) is 0.266. The number of ether oxygens (including phenoxy) is 5. The molecular formula is C13H25NO6. The van der Waals surface area contributed by atoms with Crippen molar-refractivity contribution >= 4 is 5.97 Å². The van der Waals surface area contributed by atoms with Crippen molar-refractivity contribution in [3.63, 3.8) is 0 Å². The van der Waals surface area contributed by atoms with Crippen LogP contribution in [-0.2, 0) is 28.5 Å². The van der Waals surface area contributed by atoms with Gasteiger partial charge in [0, 0.05) is 20.2 Å². The molecule has 1 aliphatic rings. The number of esters is 1. The zero-order chi connectivity index (χ0) is 14.5. The summed E-state index contributed by atoms with van der Waals surface area (Å²) in [6.45, 7) is 5.82. The lowest BCUT2D eigenvalue weighted by Gasteiger charge is -2.25. The van der Waals surface area contributed by atoms with Crippen LogP contribution in [0.15, 0.2) is 0 Å². The van der Waals surface area contributed by atoms with Crippen LogP contribution in [0.2, 0.25) is 0 Å². The molecular weight excluding hydrogens is 266 g/mol. The summed E-state index contributed by atoms with van der Waals surface area (Å²) in [5.41, 5.74) is 0. The molecule has 0 spiro atoms. The van der Waals surface area contributed by atoms with Crippen molar-refractivity contribution in [1.29, 1.82) is 0 Å². The fraction of sp³-hybridized carbons (Fsp3) is 0.923. The van der Waals surface area contributed by atoms with Crippen molar-refractivity contribution in [2.75, 3.05) is 73.2 Å². The quantitative estimate of drug-likeness (QED) is 0.388. The van der Waals surface area contributed by atoms with Gasteiger partial charge in [-0.2, -0.15) is 0 Å². The molecule has 0 saturated carbocycles. The Morgan fingerprint density at radius 1 is 1.05 bits per heavy atom. The molecule has 0 radical (unpaired) electrons. The SMILES string of the molecule is COCCOCCOCCC(=O)OCN1CCOCC1. The monoisotopic (exact) mass is 291 g/mol. The standard InChI is InChI=1S/C13H25NO6/c1-16-8-9-19-11-10-17-5-2-13(15)20-12-14-3-6-18-7-4-14/h2-12H2,1H3. The Kier molecular flexibility index (Phi) is 10.4. The summed E-state index contributed by atoms with van der Waals surface area (Å²) in [5.74, 6) is -0.239. The largest absolute Gasteiger partial charge is 0.449 e. The number of hydrogen-bond donors (Lipinski definition) is 0. The summed E-state index contributed by atoms with van der Waals surface area (Å²) < 4.78 is 25.7. The Hall–Kier alpha value is -0.730. The van der Waals surface area contributed by atoms with Crippen LogP contribution < -0.4 is 0 Å². The van der Waals surface area contributed by atoms with Gasteiger partial charge in [-0.15, -0.1) is 0 Å². The summed E-state index contributed by atoms with van der Waals surface area (Å²) in [6, 6.07) is 0. The topological polar surface area (TPSA) is 66.5 Å². The van der Waals surface area contributed by atoms with E-state index in [1.807, 2.05) is 4.90 Å². The van der Waals surface area contributed by atoms with Crippen LogP contribution in [-0.4, -0.2) is 84.0 Å². The fourth-order valence-corrected chi connectivity index (χ4v) is 1.59. The third-order valence-electron chi connectivity index (χ3n) is 2.77. The third kappa shape index (κ3) is 9.22. The van der Waals surface area contributed by atoms with Crippen LogP contribution in [0.1, 0.15) is 6.42 Å². The van der Waals surface area contributed by atoms with Gasteiger partial charge in [-0.1, -0.05) is 0 Å². The zero-order valence-corrected chi connectivity index (χ0v) is 12.2. The van der Waals surface area contributed by atoms with Gasteiger partial charge in [0.25, 0.3) is 0 Å². The first kappa shape index (κ1) is 17.3. The Balaban J connectivity index is 1.84. The highest BCUT2D eigenvalue weighted by Gasteiger charge is 2.12. The van der Waals surface area contributed by atoms with E-state index in [-0.39, 0.29) is 12.4 Å². The third-order valence-corrected chi connectivity index (χ3v) is 2.77. The highest BCUT2D eigenvalue weighted by Crippen LogP contribution is 1.98. The molecule has 0 aromatic carbocycles. The van der Waals surface area contributed by atoms with Crippen molar-refractivity contribution in [3.8, 4) is 0 Å². The summed E-state index contributed by atoms with van der Waals surface area (Å²) >= 11 is 0. The average molecular weight is 291 g/mol. The number of rotatable bonds is 11. The molecule has 0 aromatic rings. The molecule has 0 aliphatic carbocycles. The molecule has 0 aromatic heterocycles. The average Bonchev–Trinajstić information content (AvgIpc) is 2.49. The Morgan fingerprint density at radius 3 is 2.40 bits per heavy atom. The number of morpholine rings is 1. The number of methoxy groups -OCH3 is 1. The number of carbonyl (C=O) groups excluding carboxylic acids is 1. The van der Waals surface area contributed by atoms with Crippen LogP contribution in [0.25, 0.3) is 0 Å². The smallest absolute Gasteiger partial charge is 0.309 e. The lowest BCUT2D eigenvalue weighted by atomic mass is 10.4. The van der Waals surface area contributed by atoms with E-state index in [2.05, 4.69) is 0 Å². The second-order valence-corrected chi connectivity index (χ2v) is 4.34. The molecule has 0 bridgehead atoms.